The maximum atomic E-state index is 12.6. The van der Waals surface area contributed by atoms with Crippen LogP contribution in [0.2, 0.25) is 0 Å². The molecule has 0 aliphatic carbocycles. The van der Waals surface area contributed by atoms with Crippen molar-refractivity contribution in [3.05, 3.63) is 54.9 Å². The number of carbonyl (C=O) groups is 1. The number of amides is 1. The Hall–Kier alpha value is -3.18. The van der Waals surface area contributed by atoms with E-state index in [0.29, 0.717) is 16.7 Å². The standard InChI is InChI=1S/C18H16N6OS/c1-23-17(14-6-5-10-20-12-14)21-22-18(23)26-13-16(25)24(11-9-19)15-7-3-2-4-8-15/h2-8,10,12H,11,13H2,1H3. The second kappa shape index (κ2) is 8.27. The second-order valence-electron chi connectivity index (χ2n) is 5.37. The molecule has 3 rings (SSSR count). The number of hydrogen-bond donors (Lipinski definition) is 0. The molecule has 26 heavy (non-hydrogen) atoms. The number of thioether (sulfide) groups is 1. The summed E-state index contributed by atoms with van der Waals surface area (Å²) in [6, 6.07) is 14.9. The Morgan fingerprint density at radius 3 is 2.73 bits per heavy atom. The van der Waals surface area contributed by atoms with Crippen LogP contribution >= 0.6 is 11.8 Å². The SMILES string of the molecule is Cn1c(SCC(=O)N(CC#N)c2ccccc2)nnc1-c1cccnc1. The van der Waals surface area contributed by atoms with Gasteiger partial charge in [0.2, 0.25) is 5.91 Å². The number of anilines is 1. The molecule has 2 aromatic heterocycles. The molecular formula is C18H16N6OS. The molecule has 0 aliphatic rings. The van der Waals surface area contributed by atoms with Gasteiger partial charge in [-0.25, -0.2) is 0 Å². The Morgan fingerprint density at radius 2 is 2.04 bits per heavy atom. The van der Waals surface area contributed by atoms with Crippen molar-refractivity contribution in [1.82, 2.24) is 19.7 Å². The lowest BCUT2D eigenvalue weighted by Gasteiger charge is -2.19. The van der Waals surface area contributed by atoms with Gasteiger partial charge in [-0.3, -0.25) is 14.7 Å². The van der Waals surface area contributed by atoms with Crippen LogP contribution in [-0.4, -0.2) is 38.0 Å². The van der Waals surface area contributed by atoms with Crippen LogP contribution in [0.25, 0.3) is 11.4 Å². The predicted octanol–water partition coefficient (Wildman–Crippen LogP) is 2.53. The Balaban J connectivity index is 1.71. The Labute approximate surface area is 155 Å². The molecule has 0 fully saturated rings. The van der Waals surface area contributed by atoms with Crippen LogP contribution in [0.5, 0.6) is 0 Å². The monoisotopic (exact) mass is 364 g/mol. The molecule has 1 amide bonds. The zero-order chi connectivity index (χ0) is 18.4. The number of benzene rings is 1. The van der Waals surface area contributed by atoms with Crippen molar-refractivity contribution in [1.29, 1.82) is 5.26 Å². The molecule has 1 aromatic carbocycles. The third kappa shape index (κ3) is 3.90. The van der Waals surface area contributed by atoms with E-state index >= 15 is 0 Å². The zero-order valence-electron chi connectivity index (χ0n) is 14.1. The van der Waals surface area contributed by atoms with Crippen LogP contribution in [-0.2, 0) is 11.8 Å². The Bertz CT molecular complexity index is 920. The van der Waals surface area contributed by atoms with E-state index in [1.54, 1.807) is 12.4 Å². The van der Waals surface area contributed by atoms with Gasteiger partial charge in [-0.1, -0.05) is 30.0 Å². The van der Waals surface area contributed by atoms with Crippen molar-refractivity contribution in [2.45, 2.75) is 5.16 Å². The largest absolute Gasteiger partial charge is 0.305 e. The van der Waals surface area contributed by atoms with Crippen LogP contribution in [0.1, 0.15) is 0 Å². The van der Waals surface area contributed by atoms with Crippen molar-refractivity contribution in [3.63, 3.8) is 0 Å². The summed E-state index contributed by atoms with van der Waals surface area (Å²) in [5, 5.41) is 18.0. The number of para-hydroxylation sites is 1. The van der Waals surface area contributed by atoms with Gasteiger partial charge in [-0.2, -0.15) is 5.26 Å². The molecule has 0 spiro atoms. The van der Waals surface area contributed by atoms with E-state index < -0.39 is 0 Å². The summed E-state index contributed by atoms with van der Waals surface area (Å²) in [7, 11) is 1.85. The molecule has 0 atom stereocenters. The van der Waals surface area contributed by atoms with Gasteiger partial charge in [-0.05, 0) is 24.3 Å². The maximum absolute atomic E-state index is 12.6. The number of rotatable bonds is 6. The molecule has 0 saturated heterocycles. The molecule has 130 valence electrons. The molecule has 0 aliphatic heterocycles. The molecular weight excluding hydrogens is 348 g/mol. The van der Waals surface area contributed by atoms with Crippen LogP contribution in [0.3, 0.4) is 0 Å². The Morgan fingerprint density at radius 1 is 1.23 bits per heavy atom. The number of pyridine rings is 1. The summed E-state index contributed by atoms with van der Waals surface area (Å²) >= 11 is 1.29. The minimum atomic E-state index is -0.159. The van der Waals surface area contributed by atoms with E-state index in [-0.39, 0.29) is 18.2 Å². The fourth-order valence-corrected chi connectivity index (χ4v) is 3.18. The summed E-state index contributed by atoms with van der Waals surface area (Å²) in [4.78, 5) is 18.1. The number of nitrogens with zero attached hydrogens (tertiary/aromatic N) is 6. The lowest BCUT2D eigenvalue weighted by atomic mass is 10.3. The van der Waals surface area contributed by atoms with E-state index in [1.165, 1.54) is 16.7 Å². The quantitative estimate of drug-likeness (QED) is 0.493. The summed E-state index contributed by atoms with van der Waals surface area (Å²) in [5.41, 5.74) is 1.56. The zero-order valence-corrected chi connectivity index (χ0v) is 14.9. The number of hydrogen-bond acceptors (Lipinski definition) is 6. The normalized spacial score (nSPS) is 10.3. The highest BCUT2D eigenvalue weighted by molar-refractivity contribution is 7.99. The average molecular weight is 364 g/mol. The summed E-state index contributed by atoms with van der Waals surface area (Å²) < 4.78 is 1.83. The minimum absolute atomic E-state index is 0.00313. The van der Waals surface area contributed by atoms with Crippen molar-refractivity contribution < 1.29 is 4.79 Å². The molecule has 0 saturated carbocycles. The lowest BCUT2D eigenvalue weighted by Crippen LogP contribution is -2.32. The molecule has 0 bridgehead atoms. The van der Waals surface area contributed by atoms with E-state index in [9.17, 15) is 4.79 Å². The first kappa shape index (κ1) is 17.6. The van der Waals surface area contributed by atoms with Gasteiger partial charge in [0.05, 0.1) is 11.8 Å². The summed E-state index contributed by atoms with van der Waals surface area (Å²) in [6.45, 7) is 0.00313. The van der Waals surface area contributed by atoms with Crippen molar-refractivity contribution in [2.75, 3.05) is 17.2 Å². The van der Waals surface area contributed by atoms with E-state index in [4.69, 9.17) is 5.26 Å². The van der Waals surface area contributed by atoms with Crippen molar-refractivity contribution in [2.24, 2.45) is 7.05 Å². The number of nitriles is 1. The lowest BCUT2D eigenvalue weighted by molar-refractivity contribution is -0.116. The molecule has 8 heteroatoms. The van der Waals surface area contributed by atoms with Gasteiger partial charge in [0, 0.05) is 30.7 Å². The average Bonchev–Trinajstić information content (AvgIpc) is 3.06. The van der Waals surface area contributed by atoms with Gasteiger partial charge in [0.25, 0.3) is 0 Å². The molecule has 0 radical (unpaired) electrons. The van der Waals surface area contributed by atoms with Crippen molar-refractivity contribution in [3.8, 4) is 17.5 Å². The highest BCUT2D eigenvalue weighted by atomic mass is 32.2. The van der Waals surface area contributed by atoms with Crippen LogP contribution in [0.4, 0.5) is 5.69 Å². The minimum Gasteiger partial charge on any atom is -0.305 e. The van der Waals surface area contributed by atoms with Gasteiger partial charge >= 0.3 is 0 Å². The Kier molecular flexibility index (Phi) is 5.61. The van der Waals surface area contributed by atoms with Gasteiger partial charge in [0.15, 0.2) is 11.0 Å². The fraction of sp³-hybridized carbons (Fsp3) is 0.167. The summed E-state index contributed by atoms with van der Waals surface area (Å²) in [6.07, 6.45) is 3.41. The topological polar surface area (TPSA) is 87.7 Å². The van der Waals surface area contributed by atoms with Gasteiger partial charge in [-0.15, -0.1) is 10.2 Å². The number of carbonyl (C=O) groups excluding carboxylic acids is 1. The number of aromatic nitrogens is 4. The van der Waals surface area contributed by atoms with E-state index in [0.717, 1.165) is 5.56 Å². The smallest absolute Gasteiger partial charge is 0.238 e. The third-order valence-electron chi connectivity index (χ3n) is 3.68. The maximum Gasteiger partial charge on any atom is 0.238 e. The van der Waals surface area contributed by atoms with E-state index in [2.05, 4.69) is 15.2 Å². The first-order valence-corrected chi connectivity index (χ1v) is 8.84. The van der Waals surface area contributed by atoms with Gasteiger partial charge in [0.1, 0.15) is 6.54 Å². The van der Waals surface area contributed by atoms with Crippen LogP contribution in [0, 0.1) is 11.3 Å². The predicted molar refractivity (Wildman–Crippen MR) is 99.4 cm³/mol. The first-order chi connectivity index (χ1) is 12.7. The molecule has 2 heterocycles. The summed E-state index contributed by atoms with van der Waals surface area (Å²) in [5.74, 6) is 0.689. The van der Waals surface area contributed by atoms with Crippen molar-refractivity contribution >= 4 is 23.4 Å². The second-order valence-corrected chi connectivity index (χ2v) is 6.31. The van der Waals surface area contributed by atoms with Gasteiger partial charge < -0.3 is 4.57 Å². The third-order valence-corrected chi connectivity index (χ3v) is 4.68. The van der Waals surface area contributed by atoms with E-state index in [1.807, 2.05) is 60.1 Å². The molecule has 3 aromatic rings. The van der Waals surface area contributed by atoms with Crippen LogP contribution < -0.4 is 4.90 Å². The first-order valence-electron chi connectivity index (χ1n) is 7.85. The molecule has 0 unspecified atom stereocenters. The fourth-order valence-electron chi connectivity index (χ4n) is 2.39. The molecule has 7 nitrogen and oxygen atoms in total. The molecule has 0 N–H and O–H groups in total. The highest BCUT2D eigenvalue weighted by Crippen LogP contribution is 2.23. The van der Waals surface area contributed by atoms with Crippen LogP contribution in [0.15, 0.2) is 60.0 Å². The highest BCUT2D eigenvalue weighted by Gasteiger charge is 2.18.